The molecule has 33 heavy (non-hydrogen) atoms. The van der Waals surface area contributed by atoms with Crippen molar-refractivity contribution in [2.24, 2.45) is 19.8 Å². The van der Waals surface area contributed by atoms with Crippen LogP contribution in [0.2, 0.25) is 0 Å². The van der Waals surface area contributed by atoms with Crippen molar-refractivity contribution < 1.29 is 18.4 Å². The number of hydrogen-bond donors (Lipinski definition) is 2. The molecule has 4 aromatic rings. The van der Waals surface area contributed by atoms with Crippen molar-refractivity contribution >= 4 is 39.1 Å². The van der Waals surface area contributed by atoms with Gasteiger partial charge in [-0.05, 0) is 32.4 Å². The standard InChI is InChI=1S/C21H21F2N7O2S/c1-8-12(7-29(4)27-8)11-6-13(18(22)23)25-21-15(11)16(17(33-21)19(24)31)26-20(32)14-9(2)28-30(5)10(14)3/h6-7,18H,1-5H3,(H2,24,31)(H,26,32). The molecule has 0 spiro atoms. The van der Waals surface area contributed by atoms with Gasteiger partial charge >= 0.3 is 0 Å². The minimum atomic E-state index is -2.83. The van der Waals surface area contributed by atoms with Crippen LogP contribution >= 0.6 is 11.3 Å². The van der Waals surface area contributed by atoms with Gasteiger partial charge in [0.1, 0.15) is 15.4 Å². The van der Waals surface area contributed by atoms with Crippen LogP contribution in [-0.2, 0) is 14.1 Å². The molecule has 172 valence electrons. The van der Waals surface area contributed by atoms with Gasteiger partial charge in [-0.2, -0.15) is 10.2 Å². The number of aryl methyl sites for hydroxylation is 4. The van der Waals surface area contributed by atoms with E-state index >= 15 is 0 Å². The van der Waals surface area contributed by atoms with Crippen molar-refractivity contribution in [3.8, 4) is 11.1 Å². The van der Waals surface area contributed by atoms with E-state index in [0.29, 0.717) is 39.2 Å². The minimum absolute atomic E-state index is 0.0132. The van der Waals surface area contributed by atoms with Crippen molar-refractivity contribution in [2.45, 2.75) is 27.2 Å². The summed E-state index contributed by atoms with van der Waals surface area (Å²) in [6, 6.07) is 1.25. The van der Waals surface area contributed by atoms with Crippen LogP contribution in [0.3, 0.4) is 0 Å². The van der Waals surface area contributed by atoms with Crippen LogP contribution in [0, 0.1) is 20.8 Å². The summed E-state index contributed by atoms with van der Waals surface area (Å²) in [4.78, 5) is 29.7. The number of alkyl halides is 2. The van der Waals surface area contributed by atoms with Crippen LogP contribution in [0.5, 0.6) is 0 Å². The van der Waals surface area contributed by atoms with Crippen molar-refractivity contribution in [1.82, 2.24) is 24.5 Å². The summed E-state index contributed by atoms with van der Waals surface area (Å²) in [6.07, 6.45) is -1.15. The molecule has 4 aromatic heterocycles. The summed E-state index contributed by atoms with van der Waals surface area (Å²) in [5, 5.41) is 11.7. The van der Waals surface area contributed by atoms with E-state index in [1.807, 2.05) is 0 Å². The van der Waals surface area contributed by atoms with Crippen molar-refractivity contribution in [3.63, 3.8) is 0 Å². The molecular weight excluding hydrogens is 452 g/mol. The van der Waals surface area contributed by atoms with E-state index in [9.17, 15) is 18.4 Å². The number of fused-ring (bicyclic) bond motifs is 1. The van der Waals surface area contributed by atoms with Crippen LogP contribution < -0.4 is 11.1 Å². The average molecular weight is 474 g/mol. The number of aromatic nitrogens is 5. The Bertz CT molecular complexity index is 1430. The number of halogens is 2. The molecule has 0 aliphatic rings. The predicted octanol–water partition coefficient (Wildman–Crippen LogP) is 3.64. The molecule has 0 saturated carbocycles. The second-order valence-electron chi connectivity index (χ2n) is 7.67. The van der Waals surface area contributed by atoms with E-state index in [1.165, 1.54) is 6.07 Å². The Morgan fingerprint density at radius 2 is 1.82 bits per heavy atom. The zero-order valence-corrected chi connectivity index (χ0v) is 19.3. The van der Waals surface area contributed by atoms with Gasteiger partial charge < -0.3 is 11.1 Å². The van der Waals surface area contributed by atoms with Crippen molar-refractivity contribution in [1.29, 1.82) is 0 Å². The number of thiophene rings is 1. The highest BCUT2D eigenvalue weighted by molar-refractivity contribution is 7.21. The summed E-state index contributed by atoms with van der Waals surface area (Å²) >= 11 is 0.854. The molecule has 9 nitrogen and oxygen atoms in total. The van der Waals surface area contributed by atoms with E-state index in [2.05, 4.69) is 20.5 Å². The topological polar surface area (TPSA) is 121 Å². The Labute approximate surface area is 191 Å². The van der Waals surface area contributed by atoms with E-state index in [-0.39, 0.29) is 15.4 Å². The first-order valence-electron chi connectivity index (χ1n) is 9.87. The van der Waals surface area contributed by atoms with Crippen LogP contribution in [0.4, 0.5) is 14.5 Å². The molecule has 2 amide bonds. The monoisotopic (exact) mass is 473 g/mol. The number of nitrogens with one attached hydrogen (secondary N) is 1. The van der Waals surface area contributed by atoms with Crippen LogP contribution in [-0.4, -0.2) is 36.4 Å². The highest BCUT2D eigenvalue weighted by atomic mass is 32.1. The van der Waals surface area contributed by atoms with Gasteiger partial charge in [0, 0.05) is 36.9 Å². The molecule has 3 N–H and O–H groups in total. The van der Waals surface area contributed by atoms with Gasteiger partial charge in [0.2, 0.25) is 0 Å². The van der Waals surface area contributed by atoms with E-state index in [0.717, 1.165) is 11.3 Å². The van der Waals surface area contributed by atoms with Crippen molar-refractivity contribution in [2.75, 3.05) is 5.32 Å². The Morgan fingerprint density at radius 1 is 1.12 bits per heavy atom. The maximum Gasteiger partial charge on any atom is 0.280 e. The Kier molecular flexibility index (Phi) is 5.48. The van der Waals surface area contributed by atoms with E-state index in [4.69, 9.17) is 5.73 Å². The quantitative estimate of drug-likeness (QED) is 0.458. The molecule has 4 heterocycles. The number of amides is 2. The Balaban J connectivity index is 2.00. The fourth-order valence-corrected chi connectivity index (χ4v) is 4.89. The number of rotatable bonds is 5. The molecular formula is C21H21F2N7O2S. The first kappa shape index (κ1) is 22.5. The molecule has 0 aromatic carbocycles. The molecule has 0 aliphatic carbocycles. The maximum absolute atomic E-state index is 13.6. The number of carbonyl (C=O) groups is 2. The van der Waals surface area contributed by atoms with Gasteiger partial charge in [-0.25, -0.2) is 13.8 Å². The lowest BCUT2D eigenvalue weighted by atomic mass is 10.0. The van der Waals surface area contributed by atoms with Gasteiger partial charge in [-0.15, -0.1) is 11.3 Å². The number of carbonyl (C=O) groups excluding carboxylic acids is 2. The fourth-order valence-electron chi connectivity index (χ4n) is 3.88. The summed E-state index contributed by atoms with van der Waals surface area (Å²) in [5.41, 5.74) is 8.30. The average Bonchev–Trinajstić information content (AvgIpc) is 3.34. The molecule has 0 saturated heterocycles. The molecule has 12 heteroatoms. The lowest BCUT2D eigenvalue weighted by Gasteiger charge is -2.11. The lowest BCUT2D eigenvalue weighted by Crippen LogP contribution is -2.18. The molecule has 0 fully saturated rings. The van der Waals surface area contributed by atoms with Crippen molar-refractivity contribution in [3.05, 3.63) is 45.5 Å². The number of nitrogens with two attached hydrogens (primary N) is 1. The molecule has 0 bridgehead atoms. The van der Waals surface area contributed by atoms with Gasteiger partial charge in [0.05, 0.1) is 22.6 Å². The fraction of sp³-hybridized carbons (Fsp3) is 0.286. The summed E-state index contributed by atoms with van der Waals surface area (Å²) in [6.45, 7) is 5.19. The highest BCUT2D eigenvalue weighted by Crippen LogP contribution is 2.43. The third kappa shape index (κ3) is 3.75. The minimum Gasteiger partial charge on any atom is -0.365 e. The third-order valence-electron chi connectivity index (χ3n) is 5.41. The largest absolute Gasteiger partial charge is 0.365 e. The van der Waals surface area contributed by atoms with E-state index in [1.54, 1.807) is 50.4 Å². The summed E-state index contributed by atoms with van der Waals surface area (Å²) in [7, 11) is 3.43. The predicted molar refractivity (Wildman–Crippen MR) is 121 cm³/mol. The normalized spacial score (nSPS) is 11.5. The number of pyridine rings is 1. The number of nitrogens with zero attached hydrogens (tertiary/aromatic N) is 5. The smallest absolute Gasteiger partial charge is 0.280 e. The SMILES string of the molecule is Cc1nn(C)cc1-c1cc(C(F)F)nc2sc(C(N)=O)c(NC(=O)c3c(C)nn(C)c3C)c12. The van der Waals surface area contributed by atoms with Crippen LogP contribution in [0.15, 0.2) is 12.3 Å². The maximum atomic E-state index is 13.6. The molecule has 0 aliphatic heterocycles. The molecule has 0 atom stereocenters. The second kappa shape index (κ2) is 8.03. The zero-order chi connectivity index (χ0) is 24.2. The van der Waals surface area contributed by atoms with Crippen LogP contribution in [0.1, 0.15) is 49.2 Å². The number of primary amides is 1. The number of anilines is 1. The highest BCUT2D eigenvalue weighted by Gasteiger charge is 2.27. The first-order valence-corrected chi connectivity index (χ1v) is 10.7. The van der Waals surface area contributed by atoms with Gasteiger partial charge in [-0.3, -0.25) is 19.0 Å². The number of hydrogen-bond acceptors (Lipinski definition) is 6. The van der Waals surface area contributed by atoms with E-state index < -0.39 is 23.9 Å². The van der Waals surface area contributed by atoms with Gasteiger partial charge in [0.25, 0.3) is 18.2 Å². The first-order chi connectivity index (χ1) is 15.5. The molecule has 0 radical (unpaired) electrons. The summed E-state index contributed by atoms with van der Waals surface area (Å²) in [5.74, 6) is -1.30. The second-order valence-corrected chi connectivity index (χ2v) is 8.67. The molecule has 4 rings (SSSR count). The third-order valence-corrected chi connectivity index (χ3v) is 6.51. The van der Waals surface area contributed by atoms with Gasteiger partial charge in [0.15, 0.2) is 0 Å². The summed E-state index contributed by atoms with van der Waals surface area (Å²) < 4.78 is 30.4. The lowest BCUT2D eigenvalue weighted by molar-refractivity contribution is 0.100. The Morgan fingerprint density at radius 3 is 2.33 bits per heavy atom. The zero-order valence-electron chi connectivity index (χ0n) is 18.5. The molecule has 0 unspecified atom stereocenters. The Hall–Kier alpha value is -3.67. The van der Waals surface area contributed by atoms with Crippen LogP contribution in [0.25, 0.3) is 21.3 Å². The van der Waals surface area contributed by atoms with Gasteiger partial charge in [-0.1, -0.05) is 0 Å².